The molecule has 0 spiro atoms. The third-order valence-corrected chi connectivity index (χ3v) is 19.1. The minimum atomic E-state index is -6.13. The molecule has 0 aromatic heterocycles. The van der Waals surface area contributed by atoms with Crippen LogP contribution in [-0.4, -0.2) is 29.8 Å². The van der Waals surface area contributed by atoms with E-state index in [-0.39, 0.29) is 32.3 Å². The molecule has 107 heavy (non-hydrogen) atoms. The van der Waals surface area contributed by atoms with Crippen LogP contribution in [0.2, 0.25) is 0 Å². The molecule has 1 aliphatic heterocycles. The number of rotatable bonds is 14. The summed E-state index contributed by atoms with van der Waals surface area (Å²) in [5, 5.41) is 2.39. The molecule has 1 radical (unpaired) electrons. The summed E-state index contributed by atoms with van der Waals surface area (Å²) in [7, 11) is -1.14. The van der Waals surface area contributed by atoms with Crippen molar-refractivity contribution < 1.29 is 140 Å². The molecule has 0 amide bonds. The van der Waals surface area contributed by atoms with E-state index in [4.69, 9.17) is 9.26 Å². The molecule has 0 saturated heterocycles. The van der Waals surface area contributed by atoms with Crippen LogP contribution in [0.5, 0.6) is 0 Å². The molecule has 9 aromatic carbocycles. The van der Waals surface area contributed by atoms with Crippen molar-refractivity contribution in [1.29, 1.82) is 0 Å². The fraction of sp³-hybridized carbons (Fsp3) is 0.234. The summed E-state index contributed by atoms with van der Waals surface area (Å²) in [6, 6.07) is 44.2. The van der Waals surface area contributed by atoms with Gasteiger partial charge < -0.3 is 9.26 Å². The van der Waals surface area contributed by atoms with Crippen LogP contribution in [0.4, 0.5) is 105 Å². The van der Waals surface area contributed by atoms with E-state index in [9.17, 15) is 105 Å². The van der Waals surface area contributed by atoms with Crippen molar-refractivity contribution in [3.63, 3.8) is 0 Å². The number of alkyl halides is 24. The second kappa shape index (κ2) is 33.2. The van der Waals surface area contributed by atoms with Gasteiger partial charge in [-0.25, -0.2) is 4.99 Å². The SMILES string of the molecule is C1#CCCC#CCC1.C[C@H]1OC(c2ccccc2)=[NH+][C@H]1C(Cc1ccccc1)(Cc1ccccc1)OP(c1ccccc1)c1ccccc1.FC(F)(F)c1cc([B-](c2cc(C(F)(F)F)cc(C(F)(F)F)c2)(c2cc(C(F)(F)F)cc(C(F)(F)F)c2)c2cc(C(F)(F)F)cc(C(F)(F)F)c2)cc(C(F)(F)F)c1.[Ir]. The molecule has 1 aliphatic carbocycles. The summed E-state index contributed by atoms with van der Waals surface area (Å²) in [6.07, 6.45) is -49.6. The van der Waals surface area contributed by atoms with Crippen molar-refractivity contribution in [3.05, 3.63) is 286 Å². The fourth-order valence-electron chi connectivity index (χ4n) is 12.4. The van der Waals surface area contributed by atoms with Crippen LogP contribution in [0.15, 0.2) is 224 Å². The van der Waals surface area contributed by atoms with E-state index in [2.05, 4.69) is 169 Å². The molecule has 0 fully saturated rings. The van der Waals surface area contributed by atoms with Gasteiger partial charge in [0.15, 0.2) is 6.10 Å². The van der Waals surface area contributed by atoms with Crippen LogP contribution in [0.3, 0.4) is 0 Å². The molecular weight excluding hydrogens is 1660 g/mol. The van der Waals surface area contributed by atoms with Crippen molar-refractivity contribution >= 4 is 52.7 Å². The van der Waals surface area contributed by atoms with E-state index < -0.39 is 208 Å². The van der Waals surface area contributed by atoms with Gasteiger partial charge >= 0.3 is 55.3 Å². The van der Waals surface area contributed by atoms with Gasteiger partial charge in [0.25, 0.3) is 0 Å². The second-order valence-corrected chi connectivity index (χ2v) is 26.3. The molecule has 11 rings (SSSR count). The van der Waals surface area contributed by atoms with Gasteiger partial charge in [0.1, 0.15) is 11.7 Å². The number of ether oxygens (including phenoxy) is 1. The largest absolute Gasteiger partial charge is 0.434 e. The topological polar surface area (TPSA) is 32.4 Å². The zero-order valence-electron chi connectivity index (χ0n) is 55.0. The Morgan fingerprint density at radius 1 is 0.355 bits per heavy atom. The van der Waals surface area contributed by atoms with Gasteiger partial charge in [-0.2, -0.15) is 127 Å². The number of halogens is 24. The van der Waals surface area contributed by atoms with Crippen LogP contribution >= 0.6 is 8.15 Å². The molecule has 2 aliphatic rings. The van der Waals surface area contributed by atoms with E-state index in [0.717, 1.165) is 50.0 Å². The first-order chi connectivity index (χ1) is 49.5. The van der Waals surface area contributed by atoms with Crippen LogP contribution < -0.4 is 37.5 Å². The Kier molecular flexibility index (Phi) is 26.0. The number of nitrogens with one attached hydrogen (secondary N) is 1. The molecule has 30 heteroatoms. The van der Waals surface area contributed by atoms with E-state index >= 15 is 0 Å². The summed E-state index contributed by atoms with van der Waals surface area (Å²) < 4.78 is 355. The quantitative estimate of drug-likeness (QED) is 0.0509. The predicted octanol–water partition coefficient (Wildman–Crippen LogP) is 18.4. The third kappa shape index (κ3) is 21.0. The van der Waals surface area contributed by atoms with Crippen LogP contribution in [-0.2, 0) is 91.6 Å². The second-order valence-electron chi connectivity index (χ2n) is 24.5. The Labute approximate surface area is 611 Å². The van der Waals surface area contributed by atoms with Gasteiger partial charge in [-0.3, -0.25) is 0 Å². The Balaban J connectivity index is 0.000000251. The fourth-order valence-corrected chi connectivity index (χ4v) is 14.4. The van der Waals surface area contributed by atoms with Crippen molar-refractivity contribution in [2.75, 3.05) is 0 Å². The molecule has 1 heterocycles. The first-order valence-corrected chi connectivity index (χ1v) is 33.0. The maximum absolute atomic E-state index is 14.2. The minimum absolute atomic E-state index is 0. The zero-order chi connectivity index (χ0) is 77.5. The molecule has 2 atom stereocenters. The summed E-state index contributed by atoms with van der Waals surface area (Å²) in [6.45, 7) is 2.16. The standard InChI is InChI=1S/C37H34NO2P.C32H12BF24.C8H8.Ir/c1-29-35(38-36(39-29)32-21-11-4-12-22-32)37(27-30-17-7-2-8-18-30,28-31-19-9-3-10-20-31)40-41(33-23-13-5-14-24-33)34-25-15-6-16-26-34;34-25(35,36)13-1-14(26(37,38)39)6-21(5-13)33(22-7-15(27(40,41)42)2-16(8-22)28(43,44)45,23-9-17(29(46,47)48)3-18(10-23)30(49,50)51)24-11-19(31(52,53)54)4-20(12-24)32(55,56)57;1-2-4-6-8-7-5-3-1;/h2-26,29,35H,27-28H2,1H3;1-12H;1-2,7-8H2;/q;-1;;/p+1/t29-,35-;;;/m1.../s1. The van der Waals surface area contributed by atoms with E-state index in [0.29, 0.717) is 0 Å². The molecule has 9 aromatic rings. The smallest absolute Gasteiger partial charge is 0.416 e. The predicted molar refractivity (Wildman–Crippen MR) is 353 cm³/mol. The van der Waals surface area contributed by atoms with Gasteiger partial charge in [-0.05, 0) is 54.4 Å². The first-order valence-electron chi connectivity index (χ1n) is 31.8. The first kappa shape index (κ1) is 83.6. The minimum Gasteiger partial charge on any atom is -0.434 e. The van der Waals surface area contributed by atoms with Gasteiger partial charge in [0.2, 0.25) is 6.04 Å². The summed E-state index contributed by atoms with van der Waals surface area (Å²) >= 11 is 0. The number of benzene rings is 9. The van der Waals surface area contributed by atoms with E-state index in [1.54, 1.807) is 0 Å². The van der Waals surface area contributed by atoms with Gasteiger partial charge in [-0.1, -0.05) is 188 Å². The maximum atomic E-state index is 14.2. The average Bonchev–Trinajstić information content (AvgIpc) is 1.18. The Bertz CT molecular complexity index is 4100. The van der Waals surface area contributed by atoms with Gasteiger partial charge in [0.05, 0.1) is 58.2 Å². The number of hydrogen-bond donors (Lipinski definition) is 1. The Morgan fingerprint density at radius 2 is 0.589 bits per heavy atom. The molecule has 0 unspecified atom stereocenters. The van der Waals surface area contributed by atoms with Crippen LogP contribution in [0.1, 0.15) is 93.8 Å². The molecule has 1 N–H and O–H groups in total. The molecule has 565 valence electrons. The molecule has 3 nitrogen and oxygen atoms in total. The van der Waals surface area contributed by atoms with Gasteiger partial charge in [0, 0.05) is 69.2 Å². The number of hydrogen-bond acceptors (Lipinski definition) is 2. The van der Waals surface area contributed by atoms with Crippen molar-refractivity contribution in [2.24, 2.45) is 0 Å². The van der Waals surface area contributed by atoms with Gasteiger partial charge in [-0.15, -0.1) is 23.7 Å². The third-order valence-electron chi connectivity index (χ3n) is 17.0. The zero-order valence-corrected chi connectivity index (χ0v) is 58.3. The Morgan fingerprint density at radius 3 is 0.832 bits per heavy atom. The van der Waals surface area contributed by atoms with E-state index in [1.165, 1.54) is 21.7 Å². The van der Waals surface area contributed by atoms with Crippen molar-refractivity contribution in [1.82, 2.24) is 0 Å². The van der Waals surface area contributed by atoms with Crippen LogP contribution in [0, 0.1) is 23.7 Å². The molecular formula is C77H55BF24IrNO2P. The van der Waals surface area contributed by atoms with E-state index in [1.807, 2.05) is 18.2 Å². The average molecular weight is 1720 g/mol. The summed E-state index contributed by atoms with van der Waals surface area (Å²) in [5.41, 5.74) is -27.3. The monoisotopic (exact) mass is 1720 g/mol. The van der Waals surface area contributed by atoms with Crippen LogP contribution in [0.25, 0.3) is 0 Å². The van der Waals surface area contributed by atoms with Crippen molar-refractivity contribution in [2.45, 2.75) is 113 Å². The van der Waals surface area contributed by atoms with Crippen molar-refractivity contribution in [3.8, 4) is 23.7 Å². The molecule has 0 bridgehead atoms. The normalized spacial score (nSPS) is 15.3. The summed E-state index contributed by atoms with van der Waals surface area (Å²) in [4.78, 5) is 3.83. The molecule has 0 saturated carbocycles. The summed E-state index contributed by atoms with van der Waals surface area (Å²) in [5.74, 6) is 12.9. The Hall–Kier alpha value is -9.01. The maximum Gasteiger partial charge on any atom is 0.416 e.